The Morgan fingerprint density at radius 1 is 0.828 bits per heavy atom. The summed E-state index contributed by atoms with van der Waals surface area (Å²) in [5, 5.41) is 13.5. The summed E-state index contributed by atoms with van der Waals surface area (Å²) in [6.45, 7) is 1.00. The molecule has 0 spiro atoms. The second-order valence-electron chi connectivity index (χ2n) is 6.44. The van der Waals surface area contributed by atoms with Crippen molar-refractivity contribution in [2.24, 2.45) is 0 Å². The maximum absolute atomic E-state index is 12.0. The Balaban J connectivity index is 1.66. The van der Waals surface area contributed by atoms with Gasteiger partial charge in [-0.05, 0) is 29.0 Å². The number of para-hydroxylation sites is 1. The molecule has 0 heterocycles. The summed E-state index contributed by atoms with van der Waals surface area (Å²) in [4.78, 5) is 22.6. The van der Waals surface area contributed by atoms with Crippen LogP contribution in [0.1, 0.15) is 18.4 Å². The molecule has 2 N–H and O–H groups in total. The largest absolute Gasteiger partial charge is 0.490 e. The average molecular weight is 393 g/mol. The van der Waals surface area contributed by atoms with Crippen molar-refractivity contribution in [3.8, 4) is 11.5 Å². The van der Waals surface area contributed by atoms with E-state index in [9.17, 15) is 9.59 Å². The highest BCUT2D eigenvalue weighted by molar-refractivity contribution is 5.88. The van der Waals surface area contributed by atoms with E-state index in [-0.39, 0.29) is 25.3 Å². The summed E-state index contributed by atoms with van der Waals surface area (Å²) in [7, 11) is 0. The van der Waals surface area contributed by atoms with Crippen LogP contribution in [-0.2, 0) is 16.1 Å². The van der Waals surface area contributed by atoms with Crippen LogP contribution in [-0.4, -0.2) is 30.2 Å². The Morgan fingerprint density at radius 2 is 1.55 bits per heavy atom. The number of nitrogens with one attached hydrogen (secondary N) is 1. The van der Waals surface area contributed by atoms with E-state index in [1.54, 1.807) is 0 Å². The maximum Gasteiger partial charge on any atom is 0.303 e. The second-order valence-corrected chi connectivity index (χ2v) is 6.44. The third kappa shape index (κ3) is 5.97. The van der Waals surface area contributed by atoms with Crippen molar-refractivity contribution in [1.82, 2.24) is 5.32 Å². The molecule has 0 fully saturated rings. The van der Waals surface area contributed by atoms with Gasteiger partial charge in [-0.25, -0.2) is 0 Å². The highest BCUT2D eigenvalue weighted by atomic mass is 16.5. The van der Waals surface area contributed by atoms with Gasteiger partial charge in [-0.1, -0.05) is 48.5 Å². The normalized spacial score (nSPS) is 10.5. The number of amides is 1. The molecule has 0 saturated carbocycles. The zero-order valence-corrected chi connectivity index (χ0v) is 16.0. The molecule has 0 aliphatic rings. The fraction of sp³-hybridized carbons (Fsp3) is 0.217. The van der Waals surface area contributed by atoms with Gasteiger partial charge in [0.15, 0.2) is 0 Å². The van der Waals surface area contributed by atoms with Gasteiger partial charge in [0, 0.05) is 18.5 Å². The standard InChI is InChI=1S/C23H23NO5/c25-22(12-13-23(26)27)24-16-20-19-9-5-4-6-17(19)10-11-21(20)29-15-14-28-18-7-2-1-3-8-18/h1-11H,12-16H2,(H,24,25)(H,26,27). The summed E-state index contributed by atoms with van der Waals surface area (Å²) < 4.78 is 11.6. The molecular formula is C23H23NO5. The lowest BCUT2D eigenvalue weighted by Gasteiger charge is -2.15. The number of carboxylic acids is 1. The van der Waals surface area contributed by atoms with Gasteiger partial charge in [0.2, 0.25) is 5.91 Å². The first-order valence-corrected chi connectivity index (χ1v) is 9.43. The van der Waals surface area contributed by atoms with Crippen molar-refractivity contribution in [2.45, 2.75) is 19.4 Å². The maximum atomic E-state index is 12.0. The Bertz CT molecular complexity index is 971. The topological polar surface area (TPSA) is 84.9 Å². The van der Waals surface area contributed by atoms with E-state index in [2.05, 4.69) is 5.32 Å². The quantitative estimate of drug-likeness (QED) is 0.512. The Hall–Kier alpha value is -3.54. The first-order chi connectivity index (χ1) is 14.1. The number of carboxylic acid groups (broad SMARTS) is 1. The highest BCUT2D eigenvalue weighted by Crippen LogP contribution is 2.28. The molecule has 1 amide bonds. The number of hydrogen-bond acceptors (Lipinski definition) is 4. The van der Waals surface area contributed by atoms with Crippen LogP contribution in [0.3, 0.4) is 0 Å². The fourth-order valence-electron chi connectivity index (χ4n) is 2.96. The van der Waals surface area contributed by atoms with Gasteiger partial charge in [-0.2, -0.15) is 0 Å². The minimum atomic E-state index is -0.993. The van der Waals surface area contributed by atoms with Gasteiger partial charge in [0.05, 0.1) is 6.42 Å². The van der Waals surface area contributed by atoms with Crippen LogP contribution in [0.15, 0.2) is 66.7 Å². The van der Waals surface area contributed by atoms with Crippen molar-refractivity contribution in [3.05, 3.63) is 72.3 Å². The molecule has 0 aromatic heterocycles. The van der Waals surface area contributed by atoms with Crippen molar-refractivity contribution >= 4 is 22.6 Å². The van der Waals surface area contributed by atoms with Gasteiger partial charge in [-0.15, -0.1) is 0 Å². The van der Waals surface area contributed by atoms with Crippen LogP contribution in [0.25, 0.3) is 10.8 Å². The van der Waals surface area contributed by atoms with Crippen LogP contribution < -0.4 is 14.8 Å². The average Bonchev–Trinajstić information content (AvgIpc) is 2.74. The molecule has 3 aromatic carbocycles. The number of carbonyl (C=O) groups excluding carboxylic acids is 1. The highest BCUT2D eigenvalue weighted by Gasteiger charge is 2.11. The molecular weight excluding hydrogens is 370 g/mol. The number of rotatable bonds is 10. The first kappa shape index (κ1) is 20.2. The third-order valence-corrected chi connectivity index (χ3v) is 4.38. The molecule has 3 aromatic rings. The molecule has 29 heavy (non-hydrogen) atoms. The van der Waals surface area contributed by atoms with Crippen LogP contribution in [0, 0.1) is 0 Å². The van der Waals surface area contributed by atoms with Crippen molar-refractivity contribution < 1.29 is 24.2 Å². The number of benzene rings is 3. The summed E-state index contributed by atoms with van der Waals surface area (Å²) in [6.07, 6.45) is -0.247. The first-order valence-electron chi connectivity index (χ1n) is 9.43. The summed E-state index contributed by atoms with van der Waals surface area (Å²) in [5.41, 5.74) is 0.853. The minimum Gasteiger partial charge on any atom is -0.490 e. The summed E-state index contributed by atoms with van der Waals surface area (Å²) in [5.74, 6) is 0.144. The molecule has 0 aliphatic heterocycles. The molecule has 0 aliphatic carbocycles. The van der Waals surface area contributed by atoms with E-state index in [0.29, 0.717) is 19.0 Å². The zero-order chi connectivity index (χ0) is 20.5. The van der Waals surface area contributed by atoms with Crippen molar-refractivity contribution in [2.75, 3.05) is 13.2 Å². The van der Waals surface area contributed by atoms with E-state index in [4.69, 9.17) is 14.6 Å². The van der Waals surface area contributed by atoms with Gasteiger partial charge in [0.1, 0.15) is 24.7 Å². The number of fused-ring (bicyclic) bond motifs is 1. The zero-order valence-electron chi connectivity index (χ0n) is 16.0. The van der Waals surface area contributed by atoms with Crippen LogP contribution in [0.4, 0.5) is 0 Å². The molecule has 0 atom stereocenters. The molecule has 0 radical (unpaired) electrons. The summed E-state index contributed by atoms with van der Waals surface area (Å²) in [6, 6.07) is 21.2. The number of carbonyl (C=O) groups is 2. The fourth-order valence-corrected chi connectivity index (χ4v) is 2.96. The SMILES string of the molecule is O=C(O)CCC(=O)NCc1c(OCCOc2ccccc2)ccc2ccccc12. The molecule has 3 rings (SSSR count). The number of aliphatic carboxylic acids is 1. The van der Waals surface area contributed by atoms with E-state index < -0.39 is 5.97 Å². The second kappa shape index (κ2) is 10.1. The lowest BCUT2D eigenvalue weighted by Crippen LogP contribution is -2.24. The van der Waals surface area contributed by atoms with Crippen molar-refractivity contribution in [3.63, 3.8) is 0 Å². The van der Waals surface area contributed by atoms with Crippen LogP contribution in [0.2, 0.25) is 0 Å². The molecule has 0 unspecified atom stereocenters. The van der Waals surface area contributed by atoms with Gasteiger partial charge >= 0.3 is 5.97 Å². The lowest BCUT2D eigenvalue weighted by molar-refractivity contribution is -0.138. The molecule has 0 bridgehead atoms. The molecule has 6 heteroatoms. The van der Waals surface area contributed by atoms with Crippen LogP contribution >= 0.6 is 0 Å². The van der Waals surface area contributed by atoms with Crippen LogP contribution in [0.5, 0.6) is 11.5 Å². The van der Waals surface area contributed by atoms with E-state index in [1.165, 1.54) is 0 Å². The Labute approximate surface area is 169 Å². The van der Waals surface area contributed by atoms with Gasteiger partial charge in [0.25, 0.3) is 0 Å². The molecule has 150 valence electrons. The minimum absolute atomic E-state index is 0.0544. The van der Waals surface area contributed by atoms with Gasteiger partial charge < -0.3 is 19.9 Å². The predicted molar refractivity (Wildman–Crippen MR) is 110 cm³/mol. The Kier molecular flexibility index (Phi) is 7.05. The Morgan fingerprint density at radius 3 is 2.34 bits per heavy atom. The number of hydrogen-bond donors (Lipinski definition) is 2. The predicted octanol–water partition coefficient (Wildman–Crippen LogP) is 3.78. The third-order valence-electron chi connectivity index (χ3n) is 4.38. The van der Waals surface area contributed by atoms with Gasteiger partial charge in [-0.3, -0.25) is 9.59 Å². The van der Waals surface area contributed by atoms with E-state index >= 15 is 0 Å². The van der Waals surface area contributed by atoms with Crippen molar-refractivity contribution in [1.29, 1.82) is 0 Å². The summed E-state index contributed by atoms with van der Waals surface area (Å²) >= 11 is 0. The molecule has 0 saturated heterocycles. The van der Waals surface area contributed by atoms with E-state index in [0.717, 1.165) is 22.1 Å². The monoisotopic (exact) mass is 393 g/mol. The lowest BCUT2D eigenvalue weighted by atomic mass is 10.0. The smallest absolute Gasteiger partial charge is 0.303 e. The number of ether oxygens (including phenoxy) is 2. The van der Waals surface area contributed by atoms with E-state index in [1.807, 2.05) is 66.7 Å². The molecule has 6 nitrogen and oxygen atoms in total.